The largest absolute Gasteiger partial charge is 0.464 e. The molecule has 0 atom stereocenters. The highest BCUT2D eigenvalue weighted by molar-refractivity contribution is 6.06. The highest BCUT2D eigenvalue weighted by Gasteiger charge is 2.26. The number of aromatic nitrogens is 2. The molecule has 2 heterocycles. The van der Waals surface area contributed by atoms with Gasteiger partial charge in [-0.25, -0.2) is 4.79 Å². The summed E-state index contributed by atoms with van der Waals surface area (Å²) in [5.41, 5.74) is 0.203. The fraction of sp³-hybridized carbons (Fsp3) is 0.455. The van der Waals surface area contributed by atoms with Gasteiger partial charge in [0.1, 0.15) is 5.69 Å². The van der Waals surface area contributed by atoms with Gasteiger partial charge in [0, 0.05) is 0 Å². The number of carbonyl (C=O) groups excluding carboxylic acids is 2. The average molecular weight is 266 g/mol. The van der Waals surface area contributed by atoms with Crippen molar-refractivity contribution in [3.05, 3.63) is 5.69 Å². The van der Waals surface area contributed by atoms with Crippen LogP contribution in [0.5, 0.6) is 6.01 Å². The Morgan fingerprint density at radius 3 is 2.79 bits per heavy atom. The summed E-state index contributed by atoms with van der Waals surface area (Å²) in [4.78, 5) is 31.2. The monoisotopic (exact) mass is 266 g/mol. The van der Waals surface area contributed by atoms with Gasteiger partial charge in [-0.2, -0.15) is 9.97 Å². The third-order valence-electron chi connectivity index (χ3n) is 2.31. The van der Waals surface area contributed by atoms with Gasteiger partial charge in [-0.15, -0.1) is 0 Å². The maximum atomic E-state index is 11.8. The van der Waals surface area contributed by atoms with Gasteiger partial charge in [0.15, 0.2) is 11.5 Å². The van der Waals surface area contributed by atoms with E-state index in [0.717, 1.165) is 0 Å². The van der Waals surface area contributed by atoms with Crippen LogP contribution in [0, 0.1) is 0 Å². The molecule has 2 N–H and O–H groups in total. The van der Waals surface area contributed by atoms with Gasteiger partial charge in [0.25, 0.3) is 0 Å². The number of rotatable bonds is 4. The standard InChI is InChI=1S/C11H14N4O4/c1-3-18-10(17)8-7-9(12-5-6(16)13-7)15-11(14-8)19-4-2/h3-5H2,1-2H3,(H,13,16)(H,12,14,15). The third-order valence-corrected chi connectivity index (χ3v) is 2.31. The Kier molecular flexibility index (Phi) is 3.79. The van der Waals surface area contributed by atoms with Gasteiger partial charge in [-0.3, -0.25) is 4.79 Å². The first kappa shape index (κ1) is 13.1. The topological polar surface area (TPSA) is 102 Å². The lowest BCUT2D eigenvalue weighted by Gasteiger charge is -2.19. The van der Waals surface area contributed by atoms with Crippen LogP contribution in [0.15, 0.2) is 0 Å². The van der Waals surface area contributed by atoms with Crippen molar-refractivity contribution in [1.29, 1.82) is 0 Å². The highest BCUT2D eigenvalue weighted by Crippen LogP contribution is 2.28. The molecule has 8 heteroatoms. The lowest BCUT2D eigenvalue weighted by molar-refractivity contribution is -0.114. The Balaban J connectivity index is 2.45. The molecule has 1 aliphatic heterocycles. The van der Waals surface area contributed by atoms with E-state index in [1.54, 1.807) is 13.8 Å². The first-order chi connectivity index (χ1) is 9.15. The molecule has 2 rings (SSSR count). The number of hydrogen-bond acceptors (Lipinski definition) is 7. The molecule has 19 heavy (non-hydrogen) atoms. The third kappa shape index (κ3) is 2.72. The predicted molar refractivity (Wildman–Crippen MR) is 66.3 cm³/mol. The molecule has 0 saturated heterocycles. The smallest absolute Gasteiger partial charge is 0.359 e. The molecular weight excluding hydrogens is 252 g/mol. The van der Waals surface area contributed by atoms with Crippen LogP contribution in [0.25, 0.3) is 0 Å². The predicted octanol–water partition coefficient (Wildman–Crippen LogP) is 0.416. The van der Waals surface area contributed by atoms with Gasteiger partial charge in [-0.1, -0.05) is 0 Å². The van der Waals surface area contributed by atoms with Crippen molar-refractivity contribution in [3.8, 4) is 6.01 Å². The maximum absolute atomic E-state index is 11.8. The lowest BCUT2D eigenvalue weighted by atomic mass is 10.2. The number of anilines is 2. The molecule has 0 aliphatic carbocycles. The zero-order valence-electron chi connectivity index (χ0n) is 10.6. The Bertz CT molecular complexity index is 518. The summed E-state index contributed by atoms with van der Waals surface area (Å²) in [6.07, 6.45) is 0. The molecule has 0 unspecified atom stereocenters. The molecule has 102 valence electrons. The number of fused-ring (bicyclic) bond motifs is 1. The minimum atomic E-state index is -0.633. The molecule has 0 fully saturated rings. The second-order valence-electron chi connectivity index (χ2n) is 3.63. The van der Waals surface area contributed by atoms with E-state index in [0.29, 0.717) is 12.4 Å². The van der Waals surface area contributed by atoms with E-state index in [1.807, 2.05) is 0 Å². The normalized spacial score (nSPS) is 13.1. The van der Waals surface area contributed by atoms with Crippen LogP contribution in [0.2, 0.25) is 0 Å². The number of esters is 1. The fourth-order valence-electron chi connectivity index (χ4n) is 1.57. The Morgan fingerprint density at radius 1 is 1.32 bits per heavy atom. The second-order valence-corrected chi connectivity index (χ2v) is 3.63. The van der Waals surface area contributed by atoms with Crippen molar-refractivity contribution >= 4 is 23.4 Å². The van der Waals surface area contributed by atoms with Gasteiger partial charge >= 0.3 is 12.0 Å². The molecule has 1 aliphatic rings. The van der Waals surface area contributed by atoms with Crippen LogP contribution in [-0.4, -0.2) is 41.6 Å². The van der Waals surface area contributed by atoms with Crippen LogP contribution < -0.4 is 15.4 Å². The first-order valence-electron chi connectivity index (χ1n) is 5.91. The van der Waals surface area contributed by atoms with E-state index in [1.165, 1.54) is 0 Å². The summed E-state index contributed by atoms with van der Waals surface area (Å²) in [7, 11) is 0. The van der Waals surface area contributed by atoms with Gasteiger partial charge < -0.3 is 20.1 Å². The molecule has 0 aromatic carbocycles. The molecule has 1 aromatic heterocycles. The van der Waals surface area contributed by atoms with Crippen molar-refractivity contribution in [2.24, 2.45) is 0 Å². The first-order valence-corrected chi connectivity index (χ1v) is 5.91. The minimum Gasteiger partial charge on any atom is -0.464 e. The highest BCUT2D eigenvalue weighted by atomic mass is 16.5. The lowest BCUT2D eigenvalue weighted by Crippen LogP contribution is -2.30. The number of amides is 1. The maximum Gasteiger partial charge on any atom is 0.359 e. The van der Waals surface area contributed by atoms with E-state index >= 15 is 0 Å². The van der Waals surface area contributed by atoms with Crippen LogP contribution in [0.3, 0.4) is 0 Å². The van der Waals surface area contributed by atoms with Crippen molar-refractivity contribution in [3.63, 3.8) is 0 Å². The van der Waals surface area contributed by atoms with Crippen molar-refractivity contribution < 1.29 is 19.1 Å². The zero-order chi connectivity index (χ0) is 13.8. The molecule has 0 spiro atoms. The second kappa shape index (κ2) is 5.51. The molecule has 1 aromatic rings. The zero-order valence-corrected chi connectivity index (χ0v) is 10.6. The average Bonchev–Trinajstić information content (AvgIpc) is 2.39. The molecule has 1 amide bonds. The summed E-state index contributed by atoms with van der Waals surface area (Å²) in [5.74, 6) is -0.557. The molecule has 0 bridgehead atoms. The number of hydrogen-bond donors (Lipinski definition) is 2. The van der Waals surface area contributed by atoms with Crippen molar-refractivity contribution in [2.75, 3.05) is 30.4 Å². The van der Waals surface area contributed by atoms with Crippen LogP contribution in [0.4, 0.5) is 11.5 Å². The van der Waals surface area contributed by atoms with Crippen LogP contribution in [-0.2, 0) is 9.53 Å². The summed E-state index contributed by atoms with van der Waals surface area (Å²) in [5, 5.41) is 5.35. The van der Waals surface area contributed by atoms with Crippen LogP contribution in [0.1, 0.15) is 24.3 Å². The van der Waals surface area contributed by atoms with E-state index in [-0.39, 0.29) is 36.5 Å². The number of nitrogens with one attached hydrogen (secondary N) is 2. The molecule has 8 nitrogen and oxygen atoms in total. The Morgan fingerprint density at radius 2 is 2.11 bits per heavy atom. The summed E-state index contributed by atoms with van der Waals surface area (Å²) < 4.78 is 10.1. The summed E-state index contributed by atoms with van der Waals surface area (Å²) in [6.45, 7) is 4.13. The van der Waals surface area contributed by atoms with Gasteiger partial charge in [0.05, 0.1) is 19.8 Å². The van der Waals surface area contributed by atoms with Gasteiger partial charge in [-0.05, 0) is 13.8 Å². The number of nitrogens with zero attached hydrogens (tertiary/aromatic N) is 2. The molecule has 0 saturated carbocycles. The Hall–Kier alpha value is -2.38. The fourth-order valence-corrected chi connectivity index (χ4v) is 1.57. The van der Waals surface area contributed by atoms with E-state index < -0.39 is 5.97 Å². The molecular formula is C11H14N4O4. The summed E-state index contributed by atoms with van der Waals surface area (Å²) in [6, 6.07) is 0.0629. The van der Waals surface area contributed by atoms with E-state index in [4.69, 9.17) is 9.47 Å². The Labute approximate surface area is 109 Å². The van der Waals surface area contributed by atoms with Crippen molar-refractivity contribution in [1.82, 2.24) is 9.97 Å². The van der Waals surface area contributed by atoms with E-state index in [2.05, 4.69) is 20.6 Å². The number of carbonyl (C=O) groups is 2. The minimum absolute atomic E-state index is 0.0177. The SMILES string of the molecule is CCOC(=O)c1nc(OCC)nc2c1NC(=O)CN2. The van der Waals surface area contributed by atoms with E-state index in [9.17, 15) is 9.59 Å². The van der Waals surface area contributed by atoms with Gasteiger partial charge in [0.2, 0.25) is 5.91 Å². The quantitative estimate of drug-likeness (QED) is 0.761. The summed E-state index contributed by atoms with van der Waals surface area (Å²) >= 11 is 0. The van der Waals surface area contributed by atoms with Crippen molar-refractivity contribution in [2.45, 2.75) is 13.8 Å². The number of ether oxygens (including phenoxy) is 2. The van der Waals surface area contributed by atoms with Crippen LogP contribution >= 0.6 is 0 Å². The molecule has 0 radical (unpaired) electrons.